The van der Waals surface area contributed by atoms with E-state index in [1.165, 1.54) is 42.7 Å². The van der Waals surface area contributed by atoms with E-state index in [1.807, 2.05) is 32.0 Å². The minimum absolute atomic E-state index is 0.00789. The predicted molar refractivity (Wildman–Crippen MR) is 141 cm³/mol. The number of benzene rings is 2. The molecule has 3 aromatic heterocycles. The molecule has 0 aliphatic carbocycles. The summed E-state index contributed by atoms with van der Waals surface area (Å²) in [5.74, 6) is 0.215. The monoisotopic (exact) mass is 550 g/mol. The van der Waals surface area contributed by atoms with Gasteiger partial charge in [-0.25, -0.2) is 22.7 Å². The summed E-state index contributed by atoms with van der Waals surface area (Å²) in [5, 5.41) is 11.0. The lowest BCUT2D eigenvalue weighted by atomic mass is 10.1. The van der Waals surface area contributed by atoms with Crippen molar-refractivity contribution in [3.8, 4) is 22.8 Å². The van der Waals surface area contributed by atoms with Crippen LogP contribution in [0.4, 0.5) is 18.9 Å². The maximum atomic E-state index is 13.8. The Balaban J connectivity index is 1.38. The molecule has 0 bridgehead atoms. The van der Waals surface area contributed by atoms with E-state index in [0.29, 0.717) is 42.5 Å². The van der Waals surface area contributed by atoms with Crippen molar-refractivity contribution in [2.45, 2.75) is 26.8 Å². The number of carbonyl (C=O) groups excluding carboxylic acids is 1. The molecule has 9 nitrogen and oxygen atoms in total. The van der Waals surface area contributed by atoms with Gasteiger partial charge in [0.2, 0.25) is 0 Å². The van der Waals surface area contributed by atoms with Gasteiger partial charge in [0.25, 0.3) is 12.3 Å². The zero-order valence-corrected chi connectivity index (χ0v) is 21.6. The van der Waals surface area contributed by atoms with Crippen molar-refractivity contribution in [2.75, 3.05) is 18.5 Å². The highest BCUT2D eigenvalue weighted by molar-refractivity contribution is 6.08. The zero-order valence-electron chi connectivity index (χ0n) is 21.6. The molecule has 0 saturated heterocycles. The maximum absolute atomic E-state index is 13.8. The van der Waals surface area contributed by atoms with Gasteiger partial charge in [0, 0.05) is 11.8 Å². The lowest BCUT2D eigenvalue weighted by Gasteiger charge is -2.12. The van der Waals surface area contributed by atoms with Crippen molar-refractivity contribution in [3.05, 3.63) is 89.8 Å². The van der Waals surface area contributed by atoms with Gasteiger partial charge in [-0.2, -0.15) is 10.2 Å². The smallest absolute Gasteiger partial charge is 0.280 e. The summed E-state index contributed by atoms with van der Waals surface area (Å²) in [6.45, 7) is 5.20. The number of carbonyl (C=O) groups is 1. The highest BCUT2D eigenvalue weighted by Gasteiger charge is 2.22. The molecular weight excluding hydrogens is 525 g/mol. The van der Waals surface area contributed by atoms with Crippen molar-refractivity contribution < 1.29 is 27.4 Å². The molecule has 0 aliphatic heterocycles. The highest BCUT2D eigenvalue weighted by Crippen LogP contribution is 2.29. The molecule has 0 spiro atoms. The number of rotatable bonds is 10. The molecule has 12 heteroatoms. The van der Waals surface area contributed by atoms with Crippen LogP contribution in [0, 0.1) is 5.82 Å². The van der Waals surface area contributed by atoms with Gasteiger partial charge in [-0.3, -0.25) is 9.48 Å². The largest absolute Gasteiger partial charge is 0.490 e. The highest BCUT2D eigenvalue weighted by atomic mass is 19.3. The molecule has 0 fully saturated rings. The lowest BCUT2D eigenvalue weighted by Crippen LogP contribution is -2.12. The Kier molecular flexibility index (Phi) is 7.67. The third kappa shape index (κ3) is 5.60. The quantitative estimate of drug-likeness (QED) is 0.237. The molecule has 0 radical (unpaired) electrons. The van der Waals surface area contributed by atoms with Crippen LogP contribution in [0.25, 0.3) is 16.9 Å². The number of aromatic nitrogens is 5. The first-order valence-electron chi connectivity index (χ1n) is 12.5. The lowest BCUT2D eigenvalue weighted by molar-refractivity contribution is 0.102. The number of hydrogen-bond donors (Lipinski definition) is 1. The van der Waals surface area contributed by atoms with Crippen LogP contribution >= 0.6 is 0 Å². The average molecular weight is 551 g/mol. The third-order valence-electron chi connectivity index (χ3n) is 5.95. The second kappa shape index (κ2) is 11.5. The molecule has 5 aromatic rings. The topological polar surface area (TPSA) is 95.6 Å². The summed E-state index contributed by atoms with van der Waals surface area (Å²) < 4.78 is 54.9. The summed E-state index contributed by atoms with van der Waals surface area (Å²) >= 11 is 0. The zero-order chi connectivity index (χ0) is 28.2. The molecule has 5 rings (SSSR count). The van der Waals surface area contributed by atoms with E-state index in [4.69, 9.17) is 9.47 Å². The van der Waals surface area contributed by atoms with Gasteiger partial charge in [0.15, 0.2) is 17.1 Å². The molecule has 0 aliphatic rings. The van der Waals surface area contributed by atoms with Crippen LogP contribution in [0.3, 0.4) is 0 Å². The Labute approximate surface area is 227 Å². The van der Waals surface area contributed by atoms with Gasteiger partial charge in [-0.05, 0) is 61.9 Å². The minimum Gasteiger partial charge on any atom is -0.490 e. The molecule has 206 valence electrons. The van der Waals surface area contributed by atoms with Gasteiger partial charge >= 0.3 is 0 Å². The molecule has 1 N–H and O–H groups in total. The summed E-state index contributed by atoms with van der Waals surface area (Å²) in [5.41, 5.74) is 1.37. The van der Waals surface area contributed by atoms with Gasteiger partial charge < -0.3 is 14.8 Å². The average Bonchev–Trinajstić information content (AvgIpc) is 3.57. The Morgan fingerprint density at radius 2 is 1.73 bits per heavy atom. The number of nitrogens with zero attached hydrogens (tertiary/aromatic N) is 5. The van der Waals surface area contributed by atoms with E-state index in [9.17, 15) is 18.0 Å². The predicted octanol–water partition coefficient (Wildman–Crippen LogP) is 5.77. The standard InChI is InChI=1S/C28H25F3N6O3/c1-3-39-24-10-5-17(11-25(24)40-4-2)15-36-16-20(13-32-36)34-28(38)21-14-33-37-23(26(30)31)12-22(35-27(21)37)18-6-8-19(29)9-7-18/h5-14,16,26H,3-4,15H2,1-2H3,(H,34,38). The van der Waals surface area contributed by atoms with Crippen molar-refractivity contribution in [1.29, 1.82) is 0 Å². The van der Waals surface area contributed by atoms with E-state index in [0.717, 1.165) is 10.1 Å². The molecule has 3 heterocycles. The summed E-state index contributed by atoms with van der Waals surface area (Å²) in [6, 6.07) is 12.0. The molecule has 1 amide bonds. The second-order valence-corrected chi connectivity index (χ2v) is 8.70. The number of ether oxygens (including phenoxy) is 2. The first-order valence-corrected chi connectivity index (χ1v) is 12.5. The van der Waals surface area contributed by atoms with Crippen molar-refractivity contribution in [1.82, 2.24) is 24.4 Å². The molecule has 40 heavy (non-hydrogen) atoms. The Morgan fingerprint density at radius 1 is 0.975 bits per heavy atom. The van der Waals surface area contributed by atoms with E-state index in [2.05, 4.69) is 20.5 Å². The van der Waals surface area contributed by atoms with E-state index in [1.54, 1.807) is 10.9 Å². The Hall–Kier alpha value is -4.87. The van der Waals surface area contributed by atoms with Gasteiger partial charge in [0.1, 0.15) is 17.1 Å². The second-order valence-electron chi connectivity index (χ2n) is 8.70. The minimum atomic E-state index is -2.88. The van der Waals surface area contributed by atoms with Crippen LogP contribution in [-0.4, -0.2) is 43.5 Å². The van der Waals surface area contributed by atoms with Gasteiger partial charge in [-0.1, -0.05) is 6.07 Å². The molecule has 0 atom stereocenters. The Bertz CT molecular complexity index is 1650. The molecule has 0 saturated carbocycles. The van der Waals surface area contributed by atoms with Gasteiger partial charge in [0.05, 0.1) is 43.5 Å². The van der Waals surface area contributed by atoms with E-state index in [-0.39, 0.29) is 16.9 Å². The molecule has 0 unspecified atom stereocenters. The van der Waals surface area contributed by atoms with Crippen LogP contribution in [0.2, 0.25) is 0 Å². The van der Waals surface area contributed by atoms with E-state index >= 15 is 0 Å². The van der Waals surface area contributed by atoms with Crippen molar-refractivity contribution in [2.24, 2.45) is 0 Å². The number of hydrogen-bond acceptors (Lipinski definition) is 6. The van der Waals surface area contributed by atoms with Crippen molar-refractivity contribution >= 4 is 17.2 Å². The normalized spacial score (nSPS) is 11.2. The summed E-state index contributed by atoms with van der Waals surface area (Å²) in [6.07, 6.45) is 1.41. The number of halogens is 3. The number of anilines is 1. The van der Waals surface area contributed by atoms with Crippen molar-refractivity contribution in [3.63, 3.8) is 0 Å². The van der Waals surface area contributed by atoms with Crippen LogP contribution in [0.15, 0.2) is 67.1 Å². The summed E-state index contributed by atoms with van der Waals surface area (Å²) in [4.78, 5) is 17.5. The summed E-state index contributed by atoms with van der Waals surface area (Å²) in [7, 11) is 0. The van der Waals surface area contributed by atoms with Crippen LogP contribution in [0.1, 0.15) is 41.9 Å². The third-order valence-corrected chi connectivity index (χ3v) is 5.95. The number of amides is 1. The fraction of sp³-hybridized carbons (Fsp3) is 0.214. The number of fused-ring (bicyclic) bond motifs is 1. The molecule has 2 aromatic carbocycles. The number of alkyl halides is 2. The van der Waals surface area contributed by atoms with Crippen LogP contribution < -0.4 is 14.8 Å². The fourth-order valence-corrected chi connectivity index (χ4v) is 4.16. The van der Waals surface area contributed by atoms with Gasteiger partial charge in [-0.15, -0.1) is 0 Å². The number of nitrogens with one attached hydrogen (secondary N) is 1. The molecular formula is C28H25F3N6O3. The first-order chi connectivity index (χ1) is 19.4. The van der Waals surface area contributed by atoms with E-state index < -0.39 is 23.8 Å². The van der Waals surface area contributed by atoms with Crippen LogP contribution in [-0.2, 0) is 6.54 Å². The fourth-order valence-electron chi connectivity index (χ4n) is 4.16. The first kappa shape index (κ1) is 26.7. The SMILES string of the molecule is CCOc1ccc(Cn2cc(NC(=O)c3cnn4c(C(F)F)cc(-c5ccc(F)cc5)nc34)cn2)cc1OCC. The van der Waals surface area contributed by atoms with Crippen LogP contribution in [0.5, 0.6) is 11.5 Å². The Morgan fingerprint density at radius 3 is 2.45 bits per heavy atom. The maximum Gasteiger partial charge on any atom is 0.280 e.